The van der Waals surface area contributed by atoms with E-state index in [1.54, 1.807) is 0 Å². The van der Waals surface area contributed by atoms with Crippen molar-refractivity contribution < 1.29 is 0 Å². The van der Waals surface area contributed by atoms with Crippen LogP contribution in [0, 0.1) is 0 Å². The lowest BCUT2D eigenvalue weighted by Crippen LogP contribution is -1.83. The van der Waals surface area contributed by atoms with Crippen LogP contribution in [0.15, 0.2) is 24.3 Å². The summed E-state index contributed by atoms with van der Waals surface area (Å²) in [6, 6.07) is 7.87. The van der Waals surface area contributed by atoms with E-state index in [4.69, 9.17) is 11.6 Å². The molecule has 0 aromatic heterocycles. The fourth-order valence-corrected chi connectivity index (χ4v) is 1.29. The molecule has 0 nitrogen and oxygen atoms in total. The van der Waals surface area contributed by atoms with Gasteiger partial charge in [0.05, 0.1) is 0 Å². The summed E-state index contributed by atoms with van der Waals surface area (Å²) >= 11 is 9.88. The summed E-state index contributed by atoms with van der Waals surface area (Å²) in [5.41, 5.74) is 1.25. The van der Waals surface area contributed by atoms with Gasteiger partial charge in [-0.3, -0.25) is 0 Å². The lowest BCUT2D eigenvalue weighted by Gasteiger charge is -1.96. The molecule has 0 saturated heterocycles. The lowest BCUT2D eigenvalue weighted by atomic mass is 10.2. The standard InChI is InChI=1S/C8H9ClS/c9-8-3-1-2-7(6-8)4-5-10/h1-3,6,10H,4-5H2. The molecule has 0 aliphatic rings. The Hall–Kier alpha value is -0.140. The van der Waals surface area contributed by atoms with E-state index in [1.807, 2.05) is 18.2 Å². The first kappa shape index (κ1) is 7.96. The van der Waals surface area contributed by atoms with Crippen molar-refractivity contribution in [1.29, 1.82) is 0 Å². The first-order valence-corrected chi connectivity index (χ1v) is 4.19. The number of benzene rings is 1. The van der Waals surface area contributed by atoms with Crippen LogP contribution in [0.1, 0.15) is 5.56 Å². The summed E-state index contributed by atoms with van der Waals surface area (Å²) < 4.78 is 0. The van der Waals surface area contributed by atoms with Gasteiger partial charge in [0, 0.05) is 5.02 Å². The summed E-state index contributed by atoms with van der Waals surface area (Å²) in [6.07, 6.45) is 0.990. The van der Waals surface area contributed by atoms with Gasteiger partial charge in [-0.1, -0.05) is 23.7 Å². The molecule has 0 unspecified atom stereocenters. The van der Waals surface area contributed by atoms with E-state index in [0.29, 0.717) is 0 Å². The van der Waals surface area contributed by atoms with Crippen LogP contribution >= 0.6 is 24.2 Å². The minimum atomic E-state index is 0.805. The summed E-state index contributed by atoms with van der Waals surface area (Å²) in [5, 5.41) is 0.805. The highest BCUT2D eigenvalue weighted by atomic mass is 35.5. The second-order valence-corrected chi connectivity index (χ2v) is 2.99. The third-order valence-electron chi connectivity index (χ3n) is 1.29. The fourth-order valence-electron chi connectivity index (χ4n) is 0.822. The minimum Gasteiger partial charge on any atom is -0.179 e. The van der Waals surface area contributed by atoms with Gasteiger partial charge in [0.2, 0.25) is 0 Å². The van der Waals surface area contributed by atoms with Crippen LogP contribution in [0.3, 0.4) is 0 Å². The third-order valence-corrected chi connectivity index (χ3v) is 1.75. The van der Waals surface area contributed by atoms with Crippen molar-refractivity contribution in [3.8, 4) is 0 Å². The Bertz CT molecular complexity index is 210. The molecule has 1 aromatic carbocycles. The minimum absolute atomic E-state index is 0.805. The molecule has 0 aliphatic carbocycles. The number of rotatable bonds is 2. The Kier molecular flexibility index (Phi) is 3.10. The first-order chi connectivity index (χ1) is 4.83. The van der Waals surface area contributed by atoms with E-state index in [-0.39, 0.29) is 0 Å². The Morgan fingerprint density at radius 1 is 1.40 bits per heavy atom. The van der Waals surface area contributed by atoms with Crippen LogP contribution < -0.4 is 0 Å². The lowest BCUT2D eigenvalue weighted by molar-refractivity contribution is 1.16. The SMILES string of the molecule is SCCc1cccc(Cl)c1. The zero-order valence-corrected chi connectivity index (χ0v) is 7.20. The van der Waals surface area contributed by atoms with Gasteiger partial charge in [0.25, 0.3) is 0 Å². The molecule has 1 aromatic rings. The van der Waals surface area contributed by atoms with Crippen LogP contribution in [-0.4, -0.2) is 5.75 Å². The number of hydrogen-bond donors (Lipinski definition) is 1. The van der Waals surface area contributed by atoms with Gasteiger partial charge in [-0.2, -0.15) is 12.6 Å². The normalized spacial score (nSPS) is 9.80. The maximum atomic E-state index is 5.76. The molecule has 10 heavy (non-hydrogen) atoms. The van der Waals surface area contributed by atoms with Gasteiger partial charge in [-0.25, -0.2) is 0 Å². The molecule has 0 radical (unpaired) electrons. The molecule has 0 N–H and O–H groups in total. The fraction of sp³-hybridized carbons (Fsp3) is 0.250. The molecular weight excluding hydrogens is 164 g/mol. The summed E-state index contributed by atoms with van der Waals surface area (Å²) in [5.74, 6) is 0.875. The molecule has 0 atom stereocenters. The molecule has 0 fully saturated rings. The van der Waals surface area contributed by atoms with Gasteiger partial charge in [0.15, 0.2) is 0 Å². The van der Waals surface area contributed by atoms with E-state index in [0.717, 1.165) is 17.2 Å². The van der Waals surface area contributed by atoms with Crippen molar-refractivity contribution >= 4 is 24.2 Å². The zero-order chi connectivity index (χ0) is 7.40. The third kappa shape index (κ3) is 2.24. The van der Waals surface area contributed by atoms with Crippen molar-refractivity contribution in [3.05, 3.63) is 34.9 Å². The molecule has 0 bridgehead atoms. The molecule has 0 saturated carbocycles. The number of aryl methyl sites for hydroxylation is 1. The van der Waals surface area contributed by atoms with Crippen LogP contribution in [0.25, 0.3) is 0 Å². The Labute approximate surface area is 71.6 Å². The van der Waals surface area contributed by atoms with Gasteiger partial charge < -0.3 is 0 Å². The smallest absolute Gasteiger partial charge is 0.0408 e. The highest BCUT2D eigenvalue weighted by Gasteiger charge is 1.90. The van der Waals surface area contributed by atoms with E-state index < -0.39 is 0 Å². The van der Waals surface area contributed by atoms with Gasteiger partial charge in [-0.15, -0.1) is 0 Å². The van der Waals surface area contributed by atoms with Crippen LogP contribution in [0.5, 0.6) is 0 Å². The summed E-state index contributed by atoms with van der Waals surface area (Å²) in [7, 11) is 0. The second kappa shape index (κ2) is 3.89. The van der Waals surface area contributed by atoms with E-state index in [2.05, 4.69) is 18.7 Å². The molecule has 0 spiro atoms. The zero-order valence-electron chi connectivity index (χ0n) is 5.55. The number of hydrogen-bond acceptors (Lipinski definition) is 1. The molecule has 0 heterocycles. The molecular formula is C8H9ClS. The largest absolute Gasteiger partial charge is 0.179 e. The van der Waals surface area contributed by atoms with Crippen LogP contribution in [0.4, 0.5) is 0 Å². The average molecular weight is 173 g/mol. The Morgan fingerprint density at radius 3 is 2.80 bits per heavy atom. The second-order valence-electron chi connectivity index (χ2n) is 2.10. The molecule has 0 aliphatic heterocycles. The average Bonchev–Trinajstić information content (AvgIpc) is 1.88. The van der Waals surface area contributed by atoms with Crippen molar-refractivity contribution in [1.82, 2.24) is 0 Å². The maximum absolute atomic E-state index is 5.76. The molecule has 2 heteroatoms. The van der Waals surface area contributed by atoms with Crippen molar-refractivity contribution in [2.45, 2.75) is 6.42 Å². The number of thiol groups is 1. The highest BCUT2D eigenvalue weighted by molar-refractivity contribution is 7.80. The van der Waals surface area contributed by atoms with E-state index in [9.17, 15) is 0 Å². The first-order valence-electron chi connectivity index (χ1n) is 3.18. The Morgan fingerprint density at radius 2 is 2.20 bits per heavy atom. The Balaban J connectivity index is 2.75. The topological polar surface area (TPSA) is 0 Å². The number of halogens is 1. The maximum Gasteiger partial charge on any atom is 0.0408 e. The summed E-state index contributed by atoms with van der Waals surface area (Å²) in [4.78, 5) is 0. The van der Waals surface area contributed by atoms with Crippen molar-refractivity contribution in [2.75, 3.05) is 5.75 Å². The van der Waals surface area contributed by atoms with Gasteiger partial charge >= 0.3 is 0 Å². The summed E-state index contributed by atoms with van der Waals surface area (Å²) in [6.45, 7) is 0. The van der Waals surface area contributed by atoms with E-state index in [1.165, 1.54) is 5.56 Å². The van der Waals surface area contributed by atoms with Gasteiger partial charge in [0.1, 0.15) is 0 Å². The van der Waals surface area contributed by atoms with Crippen LogP contribution in [0.2, 0.25) is 5.02 Å². The predicted molar refractivity (Wildman–Crippen MR) is 49.0 cm³/mol. The van der Waals surface area contributed by atoms with Crippen molar-refractivity contribution in [3.63, 3.8) is 0 Å². The molecule has 54 valence electrons. The van der Waals surface area contributed by atoms with E-state index >= 15 is 0 Å². The predicted octanol–water partition coefficient (Wildman–Crippen LogP) is 2.81. The molecule has 1 rings (SSSR count). The van der Waals surface area contributed by atoms with Gasteiger partial charge in [-0.05, 0) is 29.9 Å². The monoisotopic (exact) mass is 172 g/mol. The molecule has 0 amide bonds. The van der Waals surface area contributed by atoms with Crippen molar-refractivity contribution in [2.24, 2.45) is 0 Å². The quantitative estimate of drug-likeness (QED) is 0.652. The highest BCUT2D eigenvalue weighted by Crippen LogP contribution is 2.10. The van der Waals surface area contributed by atoms with Crippen LogP contribution in [-0.2, 0) is 6.42 Å².